The Morgan fingerprint density at radius 1 is 1.28 bits per heavy atom. The normalized spacial score (nSPS) is 11.4. The van der Waals surface area contributed by atoms with Crippen molar-refractivity contribution in [2.75, 3.05) is 19.6 Å². The monoisotopic (exact) mass is 260 g/mol. The average Bonchev–Trinajstić information content (AvgIpc) is 2.27. The van der Waals surface area contributed by atoms with Gasteiger partial charge in [0, 0.05) is 18.7 Å². The largest absolute Gasteiger partial charge is 0.406 e. The molecule has 100 valence electrons. The molecular formula is C12H15F3N2O. The quantitative estimate of drug-likeness (QED) is 0.899. The molecule has 6 heteroatoms. The molecule has 1 aromatic rings. The van der Waals surface area contributed by atoms with Crippen molar-refractivity contribution in [3.05, 3.63) is 35.4 Å². The lowest BCUT2D eigenvalue weighted by atomic mass is 10.1. The van der Waals surface area contributed by atoms with Gasteiger partial charge >= 0.3 is 6.18 Å². The number of amides is 1. The molecule has 0 radical (unpaired) electrons. The van der Waals surface area contributed by atoms with Gasteiger partial charge in [-0.25, -0.2) is 0 Å². The van der Waals surface area contributed by atoms with Gasteiger partial charge in [0.1, 0.15) is 6.54 Å². The highest BCUT2D eigenvalue weighted by Crippen LogP contribution is 2.18. The van der Waals surface area contributed by atoms with E-state index in [2.05, 4.69) is 0 Å². The summed E-state index contributed by atoms with van der Waals surface area (Å²) in [6.45, 7) is 0.429. The molecule has 0 atom stereocenters. The van der Waals surface area contributed by atoms with Crippen LogP contribution in [0.2, 0.25) is 0 Å². The first kappa shape index (κ1) is 14.5. The van der Waals surface area contributed by atoms with Crippen LogP contribution in [0.5, 0.6) is 0 Å². The van der Waals surface area contributed by atoms with E-state index < -0.39 is 18.6 Å². The van der Waals surface area contributed by atoms with Crippen molar-refractivity contribution in [1.29, 1.82) is 0 Å². The van der Waals surface area contributed by atoms with Gasteiger partial charge in [-0.2, -0.15) is 13.2 Å². The molecule has 0 spiro atoms. The van der Waals surface area contributed by atoms with Gasteiger partial charge in [-0.15, -0.1) is 0 Å². The minimum atomic E-state index is -4.42. The Hall–Kier alpha value is -1.56. The van der Waals surface area contributed by atoms with Gasteiger partial charge in [-0.05, 0) is 19.1 Å². The molecule has 0 aliphatic rings. The molecule has 0 heterocycles. The zero-order chi connectivity index (χ0) is 13.8. The van der Waals surface area contributed by atoms with Crippen LogP contribution in [-0.4, -0.2) is 36.6 Å². The van der Waals surface area contributed by atoms with E-state index in [0.29, 0.717) is 4.90 Å². The van der Waals surface area contributed by atoms with Gasteiger partial charge in [0.15, 0.2) is 0 Å². The summed E-state index contributed by atoms with van der Waals surface area (Å²) in [5.74, 6) is -0.655. The van der Waals surface area contributed by atoms with E-state index in [9.17, 15) is 18.0 Å². The predicted octanol–water partition coefficient (Wildman–Crippen LogP) is 1.96. The van der Waals surface area contributed by atoms with Crippen molar-refractivity contribution in [1.82, 2.24) is 4.90 Å². The fraction of sp³-hybridized carbons (Fsp3) is 0.417. The molecule has 2 N–H and O–H groups in total. The smallest absolute Gasteiger partial charge is 0.329 e. The Morgan fingerprint density at radius 2 is 1.83 bits per heavy atom. The van der Waals surface area contributed by atoms with E-state index in [1.54, 1.807) is 12.1 Å². The van der Waals surface area contributed by atoms with Gasteiger partial charge in [0.25, 0.3) is 5.91 Å². The fourth-order valence-corrected chi connectivity index (χ4v) is 1.50. The summed E-state index contributed by atoms with van der Waals surface area (Å²) in [5.41, 5.74) is 6.40. The number of rotatable bonds is 4. The van der Waals surface area contributed by atoms with E-state index in [-0.39, 0.29) is 18.7 Å². The molecule has 1 amide bonds. The van der Waals surface area contributed by atoms with Gasteiger partial charge in [0.05, 0.1) is 0 Å². The maximum absolute atomic E-state index is 12.3. The first-order chi connectivity index (χ1) is 8.33. The average molecular weight is 260 g/mol. The molecule has 0 fully saturated rings. The van der Waals surface area contributed by atoms with Crippen LogP contribution < -0.4 is 5.73 Å². The van der Waals surface area contributed by atoms with Crippen LogP contribution in [0.15, 0.2) is 24.3 Å². The second kappa shape index (κ2) is 5.86. The molecule has 0 saturated carbocycles. The predicted molar refractivity (Wildman–Crippen MR) is 62.2 cm³/mol. The van der Waals surface area contributed by atoms with Crippen molar-refractivity contribution in [3.8, 4) is 0 Å². The van der Waals surface area contributed by atoms with E-state index in [1.165, 1.54) is 12.1 Å². The lowest BCUT2D eigenvalue weighted by molar-refractivity contribution is -0.140. The summed E-state index contributed by atoms with van der Waals surface area (Å²) in [6, 6.07) is 6.39. The van der Waals surface area contributed by atoms with Crippen LogP contribution in [0.1, 0.15) is 15.9 Å². The van der Waals surface area contributed by atoms with Crippen molar-refractivity contribution < 1.29 is 18.0 Å². The zero-order valence-electron chi connectivity index (χ0n) is 10.00. The number of nitrogens with zero attached hydrogens (tertiary/aromatic N) is 1. The third-order valence-electron chi connectivity index (χ3n) is 2.35. The van der Waals surface area contributed by atoms with E-state index >= 15 is 0 Å². The number of alkyl halides is 3. The number of aryl methyl sites for hydroxylation is 1. The Balaban J connectivity index is 2.85. The molecule has 18 heavy (non-hydrogen) atoms. The summed E-state index contributed by atoms with van der Waals surface area (Å²) in [5, 5.41) is 0. The number of hydrogen-bond acceptors (Lipinski definition) is 2. The molecule has 3 nitrogen and oxygen atoms in total. The topological polar surface area (TPSA) is 46.3 Å². The molecule has 0 aliphatic carbocycles. The van der Waals surface area contributed by atoms with E-state index in [0.717, 1.165) is 5.56 Å². The van der Waals surface area contributed by atoms with Crippen molar-refractivity contribution in [2.45, 2.75) is 13.1 Å². The number of halogens is 3. The van der Waals surface area contributed by atoms with E-state index in [1.807, 2.05) is 6.92 Å². The third kappa shape index (κ3) is 4.37. The van der Waals surface area contributed by atoms with Crippen LogP contribution in [0.4, 0.5) is 13.2 Å². The summed E-state index contributed by atoms with van der Waals surface area (Å²) >= 11 is 0. The summed E-state index contributed by atoms with van der Waals surface area (Å²) in [7, 11) is 0. The number of nitrogens with two attached hydrogens (primary N) is 1. The van der Waals surface area contributed by atoms with Gasteiger partial charge in [-0.1, -0.05) is 17.7 Å². The highest BCUT2D eigenvalue weighted by atomic mass is 19.4. The molecule has 0 bridgehead atoms. The molecule has 0 aromatic heterocycles. The van der Waals surface area contributed by atoms with Crippen LogP contribution in [0, 0.1) is 6.92 Å². The second-order valence-corrected chi connectivity index (χ2v) is 4.00. The lowest BCUT2D eigenvalue weighted by Crippen LogP contribution is -2.41. The maximum atomic E-state index is 12.3. The summed E-state index contributed by atoms with van der Waals surface area (Å²) < 4.78 is 37.0. The van der Waals surface area contributed by atoms with Crippen molar-refractivity contribution in [3.63, 3.8) is 0 Å². The van der Waals surface area contributed by atoms with Gasteiger partial charge < -0.3 is 10.6 Å². The van der Waals surface area contributed by atoms with Crippen LogP contribution in [0.3, 0.4) is 0 Å². The molecule has 0 saturated heterocycles. The van der Waals surface area contributed by atoms with Crippen molar-refractivity contribution in [2.24, 2.45) is 5.73 Å². The van der Waals surface area contributed by atoms with Gasteiger partial charge in [0.2, 0.25) is 0 Å². The Kier molecular flexibility index (Phi) is 4.72. The highest BCUT2D eigenvalue weighted by Gasteiger charge is 2.32. The number of carbonyl (C=O) groups is 1. The molecular weight excluding hydrogens is 245 g/mol. The molecule has 0 aliphatic heterocycles. The van der Waals surface area contributed by atoms with Gasteiger partial charge in [-0.3, -0.25) is 4.79 Å². The van der Waals surface area contributed by atoms with Crippen LogP contribution in [0.25, 0.3) is 0 Å². The Labute approximate surface area is 103 Å². The number of benzene rings is 1. The lowest BCUT2D eigenvalue weighted by Gasteiger charge is -2.23. The molecule has 1 aromatic carbocycles. The maximum Gasteiger partial charge on any atom is 0.406 e. The molecule has 0 unspecified atom stereocenters. The van der Waals surface area contributed by atoms with Crippen LogP contribution >= 0.6 is 0 Å². The van der Waals surface area contributed by atoms with E-state index in [4.69, 9.17) is 5.73 Å². The third-order valence-corrected chi connectivity index (χ3v) is 2.35. The highest BCUT2D eigenvalue weighted by molar-refractivity contribution is 5.94. The van der Waals surface area contributed by atoms with Crippen molar-refractivity contribution >= 4 is 5.91 Å². The first-order valence-corrected chi connectivity index (χ1v) is 5.46. The zero-order valence-corrected chi connectivity index (χ0v) is 10.00. The Morgan fingerprint density at radius 3 is 2.28 bits per heavy atom. The number of carbonyl (C=O) groups excluding carboxylic acids is 1. The first-order valence-electron chi connectivity index (χ1n) is 5.46. The van der Waals surface area contributed by atoms with Crippen LogP contribution in [-0.2, 0) is 0 Å². The fourth-order valence-electron chi connectivity index (χ4n) is 1.50. The number of hydrogen-bond donors (Lipinski definition) is 1. The summed E-state index contributed by atoms with van der Waals surface area (Å²) in [6.07, 6.45) is -4.42. The second-order valence-electron chi connectivity index (χ2n) is 4.00. The SMILES string of the molecule is Cc1ccc(C(=O)N(CCN)CC(F)(F)F)cc1. The minimum Gasteiger partial charge on any atom is -0.329 e. The Bertz CT molecular complexity index is 401. The molecule has 1 rings (SSSR count). The standard InChI is InChI=1S/C12H15F3N2O/c1-9-2-4-10(5-3-9)11(18)17(7-6-16)8-12(13,14)15/h2-5H,6-8,16H2,1H3. The summed E-state index contributed by atoms with van der Waals surface area (Å²) in [4.78, 5) is 12.6. The minimum absolute atomic E-state index is 0.00627.